The molecule has 60 valence electrons. The third-order valence-electron chi connectivity index (χ3n) is 0.798. The van der Waals surface area contributed by atoms with Gasteiger partial charge >= 0.3 is 6.09 Å². The first-order chi connectivity index (χ1) is 4.81. The number of carbonyl (C=O) groups is 1. The van der Waals surface area contributed by atoms with Crippen LogP contribution in [0.1, 0.15) is 13.3 Å². The molecule has 0 heterocycles. The predicted molar refractivity (Wildman–Crippen MR) is 36.7 cm³/mol. The van der Waals surface area contributed by atoms with E-state index < -0.39 is 6.09 Å². The number of hydrogen-bond donors (Lipinski definition) is 1. The van der Waals surface area contributed by atoms with Gasteiger partial charge in [0, 0.05) is 7.11 Å². The van der Waals surface area contributed by atoms with Gasteiger partial charge in [-0.3, -0.25) is 5.32 Å². The molecule has 0 aliphatic heterocycles. The highest BCUT2D eigenvalue weighted by Gasteiger charge is 1.96. The minimum absolute atomic E-state index is 0.197. The highest BCUT2D eigenvalue weighted by molar-refractivity contribution is 5.66. The molecule has 0 spiro atoms. The lowest BCUT2D eigenvalue weighted by Crippen LogP contribution is -2.26. The molecule has 0 aliphatic rings. The lowest BCUT2D eigenvalue weighted by Gasteiger charge is -2.03. The Bertz CT molecular complexity index is 85.0. The van der Waals surface area contributed by atoms with Crippen LogP contribution in [0.25, 0.3) is 0 Å². The van der Waals surface area contributed by atoms with Crippen LogP contribution >= 0.6 is 0 Å². The molecule has 10 heavy (non-hydrogen) atoms. The van der Waals surface area contributed by atoms with Gasteiger partial charge in [-0.2, -0.15) is 0 Å². The van der Waals surface area contributed by atoms with E-state index >= 15 is 0 Å². The van der Waals surface area contributed by atoms with Gasteiger partial charge in [0.05, 0.1) is 6.61 Å². The van der Waals surface area contributed by atoms with E-state index in [1.165, 1.54) is 7.11 Å². The summed E-state index contributed by atoms with van der Waals surface area (Å²) in [4.78, 5) is 10.5. The van der Waals surface area contributed by atoms with Crippen LogP contribution in [-0.4, -0.2) is 26.5 Å². The standard InChI is InChI=1S/C6H13NO3/c1-3-4-10-6(8)7-5-9-2/h3-5H2,1-2H3,(H,7,8). The van der Waals surface area contributed by atoms with Crippen LogP contribution in [0.2, 0.25) is 0 Å². The normalized spacial score (nSPS) is 9.00. The van der Waals surface area contributed by atoms with Gasteiger partial charge in [0.15, 0.2) is 0 Å². The lowest BCUT2D eigenvalue weighted by atomic mass is 10.5. The van der Waals surface area contributed by atoms with Gasteiger partial charge in [-0.15, -0.1) is 0 Å². The van der Waals surface area contributed by atoms with Gasteiger partial charge in [-0.25, -0.2) is 4.79 Å². The Morgan fingerprint density at radius 2 is 2.30 bits per heavy atom. The Morgan fingerprint density at radius 3 is 2.80 bits per heavy atom. The van der Waals surface area contributed by atoms with E-state index in [1.54, 1.807) is 0 Å². The fraction of sp³-hybridized carbons (Fsp3) is 0.833. The lowest BCUT2D eigenvalue weighted by molar-refractivity contribution is 0.120. The molecule has 4 heteroatoms. The number of alkyl carbamates (subject to hydrolysis) is 1. The smallest absolute Gasteiger partial charge is 0.408 e. The Labute approximate surface area is 60.5 Å². The average molecular weight is 147 g/mol. The average Bonchev–Trinajstić information content (AvgIpc) is 1.97. The number of carbonyl (C=O) groups excluding carboxylic acids is 1. The number of hydrogen-bond acceptors (Lipinski definition) is 3. The maximum absolute atomic E-state index is 10.5. The number of ether oxygens (including phenoxy) is 2. The van der Waals surface area contributed by atoms with Gasteiger partial charge < -0.3 is 9.47 Å². The van der Waals surface area contributed by atoms with Crippen LogP contribution in [0, 0.1) is 0 Å². The Morgan fingerprint density at radius 1 is 1.60 bits per heavy atom. The van der Waals surface area contributed by atoms with E-state index in [0.717, 1.165) is 6.42 Å². The summed E-state index contributed by atoms with van der Waals surface area (Å²) in [5.41, 5.74) is 0. The van der Waals surface area contributed by atoms with E-state index in [-0.39, 0.29) is 6.73 Å². The first-order valence-electron chi connectivity index (χ1n) is 3.20. The summed E-state index contributed by atoms with van der Waals surface area (Å²) >= 11 is 0. The zero-order valence-electron chi connectivity index (χ0n) is 6.35. The van der Waals surface area contributed by atoms with Crippen LogP contribution in [0.5, 0.6) is 0 Å². The third kappa shape index (κ3) is 5.37. The van der Waals surface area contributed by atoms with Crippen molar-refractivity contribution in [2.75, 3.05) is 20.4 Å². The number of rotatable bonds is 4. The van der Waals surface area contributed by atoms with Crippen LogP contribution in [0.15, 0.2) is 0 Å². The van der Waals surface area contributed by atoms with Crippen molar-refractivity contribution >= 4 is 6.09 Å². The molecule has 0 aromatic rings. The highest BCUT2D eigenvalue weighted by Crippen LogP contribution is 1.80. The Kier molecular flexibility index (Phi) is 5.86. The number of nitrogens with one attached hydrogen (secondary N) is 1. The molecule has 0 aromatic heterocycles. The summed E-state index contributed by atoms with van der Waals surface area (Å²) in [6.07, 6.45) is 0.407. The fourth-order valence-corrected chi connectivity index (χ4v) is 0.377. The molecular weight excluding hydrogens is 134 g/mol. The van der Waals surface area contributed by atoms with E-state index in [4.69, 9.17) is 0 Å². The van der Waals surface area contributed by atoms with Crippen molar-refractivity contribution in [3.05, 3.63) is 0 Å². The first-order valence-corrected chi connectivity index (χ1v) is 3.20. The van der Waals surface area contributed by atoms with Gasteiger partial charge in [0.2, 0.25) is 0 Å². The summed E-state index contributed by atoms with van der Waals surface area (Å²) in [6, 6.07) is 0. The van der Waals surface area contributed by atoms with Crippen molar-refractivity contribution in [1.82, 2.24) is 5.32 Å². The van der Waals surface area contributed by atoms with E-state index in [9.17, 15) is 4.79 Å². The van der Waals surface area contributed by atoms with Gasteiger partial charge in [0.25, 0.3) is 0 Å². The monoisotopic (exact) mass is 147 g/mol. The molecule has 1 amide bonds. The largest absolute Gasteiger partial charge is 0.450 e. The zero-order chi connectivity index (χ0) is 7.82. The van der Waals surface area contributed by atoms with Crippen LogP contribution < -0.4 is 5.32 Å². The van der Waals surface area contributed by atoms with Crippen LogP contribution in [0.3, 0.4) is 0 Å². The van der Waals surface area contributed by atoms with Crippen LogP contribution in [0.4, 0.5) is 4.79 Å². The second kappa shape index (κ2) is 6.35. The predicted octanol–water partition coefficient (Wildman–Crippen LogP) is 0.726. The first kappa shape index (κ1) is 9.23. The molecule has 0 radical (unpaired) electrons. The third-order valence-corrected chi connectivity index (χ3v) is 0.798. The maximum atomic E-state index is 10.5. The molecule has 4 nitrogen and oxygen atoms in total. The van der Waals surface area contributed by atoms with E-state index in [2.05, 4.69) is 14.8 Å². The quantitative estimate of drug-likeness (QED) is 0.596. The summed E-state index contributed by atoms with van der Waals surface area (Å²) in [5.74, 6) is 0. The summed E-state index contributed by atoms with van der Waals surface area (Å²) in [6.45, 7) is 2.59. The van der Waals surface area contributed by atoms with Crippen molar-refractivity contribution in [1.29, 1.82) is 0 Å². The van der Waals surface area contributed by atoms with Crippen molar-refractivity contribution in [2.24, 2.45) is 0 Å². The molecule has 0 atom stereocenters. The maximum Gasteiger partial charge on any atom is 0.408 e. The molecule has 0 saturated heterocycles. The SMILES string of the molecule is CCCOC(=O)NCOC. The number of amides is 1. The highest BCUT2D eigenvalue weighted by atomic mass is 16.6. The molecule has 0 aromatic carbocycles. The summed E-state index contributed by atoms with van der Waals surface area (Å²) < 4.78 is 9.24. The molecule has 0 fully saturated rings. The van der Waals surface area contributed by atoms with Gasteiger partial charge in [-0.05, 0) is 6.42 Å². The van der Waals surface area contributed by atoms with Crippen molar-refractivity contribution in [2.45, 2.75) is 13.3 Å². The minimum atomic E-state index is -0.427. The van der Waals surface area contributed by atoms with E-state index in [1.807, 2.05) is 6.92 Å². The second-order valence-corrected chi connectivity index (χ2v) is 1.75. The molecule has 0 aliphatic carbocycles. The van der Waals surface area contributed by atoms with Crippen molar-refractivity contribution < 1.29 is 14.3 Å². The molecule has 0 rings (SSSR count). The molecule has 0 bridgehead atoms. The zero-order valence-corrected chi connectivity index (χ0v) is 6.35. The van der Waals surface area contributed by atoms with Crippen molar-refractivity contribution in [3.63, 3.8) is 0 Å². The fourth-order valence-electron chi connectivity index (χ4n) is 0.377. The summed E-state index contributed by atoms with van der Waals surface area (Å²) in [5, 5.41) is 2.38. The van der Waals surface area contributed by atoms with E-state index in [0.29, 0.717) is 6.61 Å². The Balaban J connectivity index is 3.09. The Hall–Kier alpha value is -0.770. The van der Waals surface area contributed by atoms with Gasteiger partial charge in [0.1, 0.15) is 6.73 Å². The van der Waals surface area contributed by atoms with Crippen molar-refractivity contribution in [3.8, 4) is 0 Å². The van der Waals surface area contributed by atoms with Crippen LogP contribution in [-0.2, 0) is 9.47 Å². The molecule has 0 unspecified atom stereocenters. The van der Waals surface area contributed by atoms with Gasteiger partial charge in [-0.1, -0.05) is 6.92 Å². The molecule has 0 saturated carbocycles. The summed E-state index contributed by atoms with van der Waals surface area (Å²) in [7, 11) is 1.50. The molecule has 1 N–H and O–H groups in total. The molecular formula is C6H13NO3. The second-order valence-electron chi connectivity index (χ2n) is 1.75. The minimum Gasteiger partial charge on any atom is -0.450 e. The number of methoxy groups -OCH3 is 1. The topological polar surface area (TPSA) is 47.6 Å².